The van der Waals surface area contributed by atoms with Crippen LogP contribution in [0.2, 0.25) is 0 Å². The second kappa shape index (κ2) is 2.88. The number of aromatic nitrogens is 3. The van der Waals surface area contributed by atoms with Gasteiger partial charge in [-0.3, -0.25) is 4.79 Å². The lowest BCUT2D eigenvalue weighted by molar-refractivity contribution is 0.511. The molecular weight excluding hydrogens is 216 g/mol. The monoisotopic (exact) mass is 221 g/mol. The maximum Gasteiger partial charge on any atom is 0.275 e. The first-order valence-electron chi connectivity index (χ1n) is 4.51. The molecule has 0 aliphatic heterocycles. The lowest BCUT2D eigenvalue weighted by Gasteiger charge is -1.92. The van der Waals surface area contributed by atoms with E-state index in [-0.39, 0.29) is 11.1 Å². The minimum absolute atomic E-state index is 0.211. The van der Waals surface area contributed by atoms with Crippen molar-refractivity contribution in [3.05, 3.63) is 40.4 Å². The van der Waals surface area contributed by atoms with Crippen molar-refractivity contribution in [1.29, 1.82) is 0 Å². The smallest absolute Gasteiger partial charge is 0.275 e. The van der Waals surface area contributed by atoms with Gasteiger partial charge in [0, 0.05) is 11.5 Å². The van der Waals surface area contributed by atoms with Gasteiger partial charge in [-0.15, -0.1) is 0 Å². The quantitative estimate of drug-likeness (QED) is 0.606. The zero-order valence-corrected chi connectivity index (χ0v) is 7.84. The first-order chi connectivity index (χ1) is 7.66. The fourth-order valence-electron chi connectivity index (χ4n) is 1.70. The normalized spacial score (nSPS) is 11.4. The molecule has 3 aromatic rings. The molecule has 6 heteroatoms. The molecule has 0 fully saturated rings. The number of hydrogen-bond donors (Lipinski definition) is 2. The van der Waals surface area contributed by atoms with Gasteiger partial charge in [-0.05, 0) is 6.07 Å². The summed E-state index contributed by atoms with van der Waals surface area (Å²) in [6.45, 7) is 0. The van der Waals surface area contributed by atoms with Crippen molar-refractivity contribution in [2.24, 2.45) is 0 Å². The predicted molar refractivity (Wildman–Crippen MR) is 54.1 cm³/mol. The van der Waals surface area contributed by atoms with Crippen LogP contribution in [0.4, 0.5) is 8.78 Å². The molecule has 2 heterocycles. The van der Waals surface area contributed by atoms with E-state index in [4.69, 9.17) is 0 Å². The molecule has 2 N–H and O–H groups in total. The second-order valence-corrected chi connectivity index (χ2v) is 3.39. The Kier molecular flexibility index (Phi) is 1.62. The highest BCUT2D eigenvalue weighted by atomic mass is 19.2. The fraction of sp³-hybridized carbons (Fsp3) is 0. The van der Waals surface area contributed by atoms with Gasteiger partial charge in [0.2, 0.25) is 0 Å². The van der Waals surface area contributed by atoms with Crippen LogP contribution >= 0.6 is 0 Å². The highest BCUT2D eigenvalue weighted by molar-refractivity contribution is 6.04. The average Bonchev–Trinajstić information content (AvgIpc) is 2.59. The maximum atomic E-state index is 13.1. The van der Waals surface area contributed by atoms with Crippen molar-refractivity contribution in [3.8, 4) is 0 Å². The topological polar surface area (TPSA) is 61.5 Å². The van der Waals surface area contributed by atoms with Crippen LogP contribution in [-0.2, 0) is 0 Å². The summed E-state index contributed by atoms with van der Waals surface area (Å²) in [6, 6.07) is 2.03. The second-order valence-electron chi connectivity index (χ2n) is 3.39. The Morgan fingerprint density at radius 2 is 1.94 bits per heavy atom. The highest BCUT2D eigenvalue weighted by Gasteiger charge is 2.11. The van der Waals surface area contributed by atoms with E-state index >= 15 is 0 Å². The molecule has 0 bridgehead atoms. The molecule has 2 aromatic heterocycles. The van der Waals surface area contributed by atoms with Gasteiger partial charge >= 0.3 is 0 Å². The Morgan fingerprint density at radius 1 is 1.19 bits per heavy atom. The Morgan fingerprint density at radius 3 is 2.75 bits per heavy atom. The molecule has 0 spiro atoms. The van der Waals surface area contributed by atoms with Gasteiger partial charge in [0.1, 0.15) is 11.0 Å². The minimum atomic E-state index is -0.963. The van der Waals surface area contributed by atoms with Gasteiger partial charge in [0.05, 0.1) is 11.8 Å². The summed E-state index contributed by atoms with van der Waals surface area (Å²) in [5.74, 6) is -1.93. The van der Waals surface area contributed by atoms with Gasteiger partial charge in [-0.25, -0.2) is 13.8 Å². The first-order valence-corrected chi connectivity index (χ1v) is 4.51. The summed E-state index contributed by atoms with van der Waals surface area (Å²) in [7, 11) is 0. The van der Waals surface area contributed by atoms with Crippen LogP contribution in [-0.4, -0.2) is 15.0 Å². The van der Waals surface area contributed by atoms with E-state index in [9.17, 15) is 13.6 Å². The van der Waals surface area contributed by atoms with E-state index < -0.39 is 11.6 Å². The van der Waals surface area contributed by atoms with Crippen molar-refractivity contribution in [2.45, 2.75) is 0 Å². The van der Waals surface area contributed by atoms with Gasteiger partial charge in [0.15, 0.2) is 11.6 Å². The van der Waals surface area contributed by atoms with Crippen molar-refractivity contribution in [1.82, 2.24) is 15.0 Å². The number of nitrogens with zero attached hydrogens (tertiary/aromatic N) is 1. The predicted octanol–water partition coefficient (Wildman–Crippen LogP) is 1.68. The highest BCUT2D eigenvalue weighted by Crippen LogP contribution is 2.23. The molecule has 1 aromatic carbocycles. The van der Waals surface area contributed by atoms with Crippen LogP contribution in [0.3, 0.4) is 0 Å². The summed E-state index contributed by atoms with van der Waals surface area (Å²) >= 11 is 0. The standard InChI is InChI=1S/C10H5F2N3O/c11-5-1-4-7(2-6(5)12)15-9-8(4)13-3-14-10(9)16/h1-3,15H,(H,13,14,16). The van der Waals surface area contributed by atoms with Crippen LogP contribution in [0.5, 0.6) is 0 Å². The van der Waals surface area contributed by atoms with E-state index in [1.165, 1.54) is 6.33 Å². The number of halogens is 2. The molecular formula is C10H5F2N3O. The Labute approximate surface area is 86.9 Å². The largest absolute Gasteiger partial charge is 0.349 e. The lowest BCUT2D eigenvalue weighted by Crippen LogP contribution is -2.05. The number of rotatable bonds is 0. The average molecular weight is 221 g/mol. The van der Waals surface area contributed by atoms with Crippen LogP contribution < -0.4 is 5.56 Å². The number of nitrogens with one attached hydrogen (secondary N) is 2. The van der Waals surface area contributed by atoms with Crippen LogP contribution in [0.25, 0.3) is 21.9 Å². The molecule has 0 atom stereocenters. The molecule has 0 unspecified atom stereocenters. The van der Waals surface area contributed by atoms with E-state index in [0.717, 1.165) is 12.1 Å². The summed E-state index contributed by atoms with van der Waals surface area (Å²) in [4.78, 5) is 20.4. The lowest BCUT2D eigenvalue weighted by atomic mass is 10.2. The van der Waals surface area contributed by atoms with Crippen molar-refractivity contribution >= 4 is 21.9 Å². The molecule has 0 aliphatic carbocycles. The fourth-order valence-corrected chi connectivity index (χ4v) is 1.70. The summed E-state index contributed by atoms with van der Waals surface area (Å²) in [5.41, 5.74) is 0.514. The number of hydrogen-bond acceptors (Lipinski definition) is 2. The summed E-state index contributed by atoms with van der Waals surface area (Å²) in [6.07, 6.45) is 1.22. The van der Waals surface area contributed by atoms with E-state index in [2.05, 4.69) is 15.0 Å². The van der Waals surface area contributed by atoms with Gasteiger partial charge in [-0.1, -0.05) is 0 Å². The number of H-pyrrole nitrogens is 2. The molecule has 80 valence electrons. The Bertz CT molecular complexity index is 760. The maximum absolute atomic E-state index is 13.1. The van der Waals surface area contributed by atoms with Gasteiger partial charge < -0.3 is 9.97 Å². The molecule has 16 heavy (non-hydrogen) atoms. The van der Waals surface area contributed by atoms with Crippen molar-refractivity contribution < 1.29 is 8.78 Å². The third-order valence-corrected chi connectivity index (χ3v) is 2.43. The van der Waals surface area contributed by atoms with Crippen LogP contribution in [0.1, 0.15) is 0 Å². The molecule has 3 rings (SSSR count). The molecule has 0 aliphatic rings. The zero-order valence-electron chi connectivity index (χ0n) is 7.84. The summed E-state index contributed by atoms with van der Waals surface area (Å²) < 4.78 is 26.0. The Balaban J connectivity index is 2.61. The van der Waals surface area contributed by atoms with E-state index in [0.29, 0.717) is 16.4 Å². The molecule has 0 amide bonds. The molecule has 4 nitrogen and oxygen atoms in total. The third-order valence-electron chi connectivity index (χ3n) is 2.43. The first kappa shape index (κ1) is 9.02. The van der Waals surface area contributed by atoms with Crippen LogP contribution in [0.15, 0.2) is 23.3 Å². The number of aromatic amines is 2. The summed E-state index contributed by atoms with van der Waals surface area (Å²) in [5, 5.41) is 0.389. The van der Waals surface area contributed by atoms with E-state index in [1.807, 2.05) is 0 Å². The van der Waals surface area contributed by atoms with Crippen molar-refractivity contribution in [3.63, 3.8) is 0 Å². The zero-order chi connectivity index (χ0) is 11.3. The van der Waals surface area contributed by atoms with Gasteiger partial charge in [-0.2, -0.15) is 0 Å². The van der Waals surface area contributed by atoms with Crippen LogP contribution in [0, 0.1) is 11.6 Å². The molecule has 0 radical (unpaired) electrons. The minimum Gasteiger partial charge on any atom is -0.349 e. The number of benzene rings is 1. The number of fused-ring (bicyclic) bond motifs is 3. The molecule has 0 saturated heterocycles. The Hall–Kier alpha value is -2.24. The third kappa shape index (κ3) is 1.06. The molecule has 0 saturated carbocycles. The SMILES string of the molecule is O=c1[nH]cnc2c1[nH]c1cc(F)c(F)cc12. The van der Waals surface area contributed by atoms with E-state index in [1.54, 1.807) is 0 Å². The van der Waals surface area contributed by atoms with Crippen molar-refractivity contribution in [2.75, 3.05) is 0 Å². The van der Waals surface area contributed by atoms with Gasteiger partial charge in [0.25, 0.3) is 5.56 Å².